The number of nitrogens with one attached hydrogen (secondary N) is 1. The Morgan fingerprint density at radius 3 is 1.73 bits per heavy atom. The first-order valence-corrected chi connectivity index (χ1v) is 11.3. The molecular weight excluding hydrogens is 382 g/mol. The molecule has 0 aromatic heterocycles. The second kappa shape index (κ2) is 8.04. The van der Waals surface area contributed by atoms with Gasteiger partial charge >= 0.3 is 0 Å². The van der Waals surface area contributed by atoms with Gasteiger partial charge in [-0.25, -0.2) is 0 Å². The Morgan fingerprint density at radius 2 is 1.10 bits per heavy atom. The van der Waals surface area contributed by atoms with Crippen LogP contribution in [0.25, 0.3) is 0 Å². The molecule has 0 saturated heterocycles. The summed E-state index contributed by atoms with van der Waals surface area (Å²) in [4.78, 5) is 2.59. The minimum Gasteiger partial charge on any atom is -0.354 e. The maximum absolute atomic E-state index is 3.67. The Labute approximate surface area is 183 Å². The molecule has 0 bridgehead atoms. The van der Waals surface area contributed by atoms with Crippen LogP contribution in [0.2, 0.25) is 0 Å². The molecule has 2 unspecified atom stereocenters. The summed E-state index contributed by atoms with van der Waals surface area (Å²) < 4.78 is 0. The summed E-state index contributed by atoms with van der Waals surface area (Å²) in [5, 5.41) is 3.67. The normalized spacial score (nSPS) is 14.2. The minimum atomic E-state index is 0.321. The topological polar surface area (TPSA) is 12.0 Å². The van der Waals surface area contributed by atoms with Crippen LogP contribution in [0.15, 0.2) is 107 Å². The largest absolute Gasteiger partial charge is 0.354 e. The van der Waals surface area contributed by atoms with E-state index in [1.165, 1.54) is 43.4 Å². The van der Waals surface area contributed by atoms with E-state index in [1.54, 1.807) is 0 Å². The summed E-state index contributed by atoms with van der Waals surface area (Å²) in [6.07, 6.45) is 0. The first-order valence-electron chi connectivity index (χ1n) is 10.5. The molecule has 1 heterocycles. The van der Waals surface area contributed by atoms with Crippen molar-refractivity contribution in [2.45, 2.75) is 35.5 Å². The molecule has 5 rings (SSSR count). The molecule has 1 aliphatic heterocycles. The number of benzene rings is 4. The van der Waals surface area contributed by atoms with Gasteiger partial charge in [0.25, 0.3) is 0 Å². The molecule has 1 nitrogen and oxygen atoms in total. The van der Waals surface area contributed by atoms with E-state index in [2.05, 4.69) is 116 Å². The second-order valence-corrected chi connectivity index (χ2v) is 9.05. The third-order valence-electron chi connectivity index (χ3n) is 6.09. The van der Waals surface area contributed by atoms with Gasteiger partial charge in [0.15, 0.2) is 0 Å². The van der Waals surface area contributed by atoms with Crippen LogP contribution in [0.1, 0.15) is 47.9 Å². The predicted octanol–water partition coefficient (Wildman–Crippen LogP) is 8.20. The second-order valence-electron chi connectivity index (χ2n) is 7.97. The van der Waals surface area contributed by atoms with Gasteiger partial charge in [-0.15, -0.1) is 0 Å². The van der Waals surface area contributed by atoms with E-state index in [0.29, 0.717) is 11.8 Å². The molecule has 148 valence electrons. The summed E-state index contributed by atoms with van der Waals surface area (Å²) in [6, 6.07) is 35.0. The van der Waals surface area contributed by atoms with Crippen molar-refractivity contribution in [1.29, 1.82) is 0 Å². The lowest BCUT2D eigenvalue weighted by Crippen LogP contribution is -2.09. The van der Waals surface area contributed by atoms with E-state index in [-0.39, 0.29) is 0 Å². The average Bonchev–Trinajstić information content (AvgIpc) is 2.82. The van der Waals surface area contributed by atoms with Gasteiger partial charge in [0.05, 0.1) is 11.4 Å². The quantitative estimate of drug-likeness (QED) is 0.322. The zero-order chi connectivity index (χ0) is 20.5. The number of para-hydroxylation sites is 1. The maximum Gasteiger partial charge on any atom is 0.0529 e. The standard InChI is InChI=1S/C28H25NS/c1-19(21-11-5-3-6-12-21)23-17-26-28(30-27-16-10-9-15-25(27)29-26)18-24(23)20(2)22-13-7-4-8-14-22/h3-20,29H,1-2H3. The average molecular weight is 408 g/mol. The van der Waals surface area contributed by atoms with Crippen LogP contribution in [-0.4, -0.2) is 0 Å². The summed E-state index contributed by atoms with van der Waals surface area (Å²) in [6.45, 7) is 4.65. The van der Waals surface area contributed by atoms with Crippen molar-refractivity contribution < 1.29 is 0 Å². The molecule has 1 N–H and O–H groups in total. The molecule has 0 spiro atoms. The fourth-order valence-corrected chi connectivity index (χ4v) is 5.33. The predicted molar refractivity (Wildman–Crippen MR) is 128 cm³/mol. The van der Waals surface area contributed by atoms with Crippen LogP contribution in [0.4, 0.5) is 11.4 Å². The molecular formula is C28H25NS. The van der Waals surface area contributed by atoms with Crippen molar-refractivity contribution in [1.82, 2.24) is 0 Å². The molecule has 2 atom stereocenters. The van der Waals surface area contributed by atoms with Gasteiger partial charge in [-0.05, 0) is 46.5 Å². The van der Waals surface area contributed by atoms with E-state index >= 15 is 0 Å². The van der Waals surface area contributed by atoms with Crippen molar-refractivity contribution >= 4 is 23.1 Å². The van der Waals surface area contributed by atoms with Crippen LogP contribution < -0.4 is 5.32 Å². The van der Waals surface area contributed by atoms with E-state index < -0.39 is 0 Å². The minimum absolute atomic E-state index is 0.321. The first kappa shape index (κ1) is 19.0. The SMILES string of the molecule is CC(c1ccccc1)c1cc2c(cc1C(C)c1ccccc1)Sc1ccccc1N2. The maximum atomic E-state index is 3.67. The van der Waals surface area contributed by atoms with Gasteiger partial charge in [-0.1, -0.05) is 98.4 Å². The van der Waals surface area contributed by atoms with Gasteiger partial charge in [0.1, 0.15) is 0 Å². The van der Waals surface area contributed by atoms with E-state index in [0.717, 1.165) is 0 Å². The zero-order valence-electron chi connectivity index (χ0n) is 17.3. The highest BCUT2D eigenvalue weighted by Crippen LogP contribution is 2.47. The number of anilines is 2. The number of hydrogen-bond donors (Lipinski definition) is 1. The van der Waals surface area contributed by atoms with Gasteiger partial charge < -0.3 is 5.32 Å². The number of hydrogen-bond acceptors (Lipinski definition) is 2. The van der Waals surface area contributed by atoms with Crippen molar-refractivity contribution in [3.8, 4) is 0 Å². The molecule has 0 radical (unpaired) electrons. The number of rotatable bonds is 4. The van der Waals surface area contributed by atoms with Crippen molar-refractivity contribution in [2.24, 2.45) is 0 Å². The molecule has 0 fully saturated rings. The zero-order valence-corrected chi connectivity index (χ0v) is 18.1. The van der Waals surface area contributed by atoms with Crippen LogP contribution in [0.3, 0.4) is 0 Å². The fraction of sp³-hybridized carbons (Fsp3) is 0.143. The highest BCUT2D eigenvalue weighted by Gasteiger charge is 2.23. The van der Waals surface area contributed by atoms with E-state index in [9.17, 15) is 0 Å². The molecule has 1 aliphatic rings. The summed E-state index contributed by atoms with van der Waals surface area (Å²) in [7, 11) is 0. The summed E-state index contributed by atoms with van der Waals surface area (Å²) in [5.41, 5.74) is 7.90. The Bertz CT molecular complexity index is 1070. The summed E-state index contributed by atoms with van der Waals surface area (Å²) in [5.74, 6) is 0.650. The van der Waals surface area contributed by atoms with E-state index in [1.807, 2.05) is 11.8 Å². The lowest BCUT2D eigenvalue weighted by Gasteiger charge is -2.27. The van der Waals surface area contributed by atoms with Gasteiger partial charge in [0, 0.05) is 21.6 Å². The van der Waals surface area contributed by atoms with Crippen molar-refractivity contribution in [2.75, 3.05) is 5.32 Å². The Hall–Kier alpha value is -2.97. The molecule has 30 heavy (non-hydrogen) atoms. The molecule has 0 amide bonds. The van der Waals surface area contributed by atoms with Crippen LogP contribution >= 0.6 is 11.8 Å². The Morgan fingerprint density at radius 1 is 0.567 bits per heavy atom. The highest BCUT2D eigenvalue weighted by atomic mass is 32.2. The summed E-state index contributed by atoms with van der Waals surface area (Å²) >= 11 is 1.86. The highest BCUT2D eigenvalue weighted by molar-refractivity contribution is 7.99. The fourth-order valence-electron chi connectivity index (χ4n) is 4.31. The van der Waals surface area contributed by atoms with Gasteiger partial charge in [-0.3, -0.25) is 0 Å². The van der Waals surface area contributed by atoms with Gasteiger partial charge in [-0.2, -0.15) is 0 Å². The van der Waals surface area contributed by atoms with E-state index in [4.69, 9.17) is 0 Å². The third-order valence-corrected chi connectivity index (χ3v) is 7.23. The van der Waals surface area contributed by atoms with Crippen LogP contribution in [0.5, 0.6) is 0 Å². The van der Waals surface area contributed by atoms with Crippen LogP contribution in [-0.2, 0) is 0 Å². The third kappa shape index (κ3) is 3.53. The monoisotopic (exact) mass is 407 g/mol. The Kier molecular flexibility index (Phi) is 5.10. The molecule has 4 aromatic carbocycles. The first-order chi connectivity index (χ1) is 14.7. The lowest BCUT2D eigenvalue weighted by atomic mass is 9.82. The van der Waals surface area contributed by atoms with Gasteiger partial charge in [0.2, 0.25) is 0 Å². The number of fused-ring (bicyclic) bond motifs is 2. The van der Waals surface area contributed by atoms with Crippen molar-refractivity contribution in [3.63, 3.8) is 0 Å². The lowest BCUT2D eigenvalue weighted by molar-refractivity contribution is 0.838. The molecule has 4 aromatic rings. The molecule has 2 heteroatoms. The molecule has 0 saturated carbocycles. The smallest absolute Gasteiger partial charge is 0.0529 e. The Balaban J connectivity index is 1.64. The van der Waals surface area contributed by atoms with Crippen molar-refractivity contribution in [3.05, 3.63) is 119 Å². The molecule has 0 aliphatic carbocycles. The van der Waals surface area contributed by atoms with Crippen LogP contribution in [0, 0.1) is 0 Å².